The van der Waals surface area contributed by atoms with E-state index in [1.54, 1.807) is 25.0 Å². The van der Waals surface area contributed by atoms with Crippen LogP contribution in [0, 0.1) is 161 Å². The lowest BCUT2D eigenvalue weighted by molar-refractivity contribution is -0.131. The molecule has 20 aliphatic rings. The minimum atomic E-state index is 0.143. The van der Waals surface area contributed by atoms with Gasteiger partial charge in [-0.25, -0.2) is 28.7 Å². The average molecular weight is 1770 g/mol. The van der Waals surface area contributed by atoms with Crippen molar-refractivity contribution in [2.24, 2.45) is 161 Å². The van der Waals surface area contributed by atoms with Crippen LogP contribution in [0.5, 0.6) is 0 Å². The fraction of sp³-hybridized carbons (Fsp3) is 0.741. The molecule has 22 heteroatoms. The van der Waals surface area contributed by atoms with Crippen LogP contribution >= 0.6 is 0 Å². The van der Waals surface area contributed by atoms with Gasteiger partial charge in [0.1, 0.15) is 12.7 Å². The van der Waals surface area contributed by atoms with Gasteiger partial charge in [-0.15, -0.1) is 15.3 Å². The fourth-order valence-corrected chi connectivity index (χ4v) is 36.0. The molecule has 4 saturated heterocycles. The molecule has 0 spiro atoms. The first kappa shape index (κ1) is 88.8. The molecule has 15 aliphatic carbocycles. The summed E-state index contributed by atoms with van der Waals surface area (Å²) in [5, 5.41) is 43.1. The lowest BCUT2D eigenvalue weighted by atomic mass is 9.46. The molecule has 22 nitrogen and oxygen atoms in total. The first-order chi connectivity index (χ1) is 62.7. The second-order valence-electron chi connectivity index (χ2n) is 48.0. The van der Waals surface area contributed by atoms with Gasteiger partial charge in [0.15, 0.2) is 0 Å². The number of carbonyl (C=O) groups is 3. The number of rotatable bonds is 5. The molecule has 14 fully saturated rings. The van der Waals surface area contributed by atoms with Crippen molar-refractivity contribution < 1.29 is 14.4 Å². The number of hydrogen-bond acceptors (Lipinski definition) is 14. The SMILES string of the molecule is CC(=O)N1CCC[C@@]2(C)[C@@H](CC[C@@H]3[C@@H]2CC[C@]2(C)C(n4ccnn4)=CC[C@@H]32)C1.C[C@]12CCC(=O)NC=C1CC[C@@H]1C2CC[C@]2(C)C(n3cncn3)=CC[C@@H]12.C[C@]12CCCNC[C@@H]1CC[C@@H]1[C@@H]2CC[C@]2(C)C(n3ccnn3)=CC[C@@H]12.C[C@]12CCNCC[C@@H]1CC[C@@H]1[C@@H]2CC[C@]2(C)C(n3ccnn3)=CC[C@@H]12.C[C@]12CC[C@H]3[C@@H](CC[C@H]4CNC(=O)CC[C@@]43C)C1=CC=C2n1ccnc1. The highest BCUT2D eigenvalue weighted by Gasteiger charge is 2.65. The van der Waals surface area contributed by atoms with Gasteiger partial charge in [0.2, 0.25) is 17.7 Å². The smallest absolute Gasteiger partial charge is 0.223 e. The van der Waals surface area contributed by atoms with Gasteiger partial charge in [0.05, 0.1) is 43.5 Å². The number of fused-ring (bicyclic) bond motifs is 25. The summed E-state index contributed by atoms with van der Waals surface area (Å²) >= 11 is 0. The largest absolute Gasteiger partial charge is 0.356 e. The monoisotopic (exact) mass is 1770 g/mol. The number of carbonyl (C=O) groups excluding carboxylic acids is 3. The molecule has 3 amide bonds. The summed E-state index contributed by atoms with van der Waals surface area (Å²) < 4.78 is 10.3. The summed E-state index contributed by atoms with van der Waals surface area (Å²) in [4.78, 5) is 46.6. The van der Waals surface area contributed by atoms with Crippen LogP contribution in [0.2, 0.25) is 0 Å². The standard InChI is InChI=1S/C23H34N4O.C22H29N3O.C21H28N4O.2C21H32N4/c1-16(28)26-13-4-10-22(2)17(15-26)5-6-18-19-7-8-21(27-14-12-24-25-27)23(19,3)11-9-20(18)22;1-21-10-8-20(26)24-13-15(21)3-4-16-17-5-6-19(25-12-11-23-14-25)22(17,2)9-7-18(16)21;1-20-10-8-19(26)23-11-14(20)3-4-15-16-5-6-18(25-13-22-12-24-25)21(16,2)9-7-17(15)20;1-20-9-3-11-22-14-15(20)4-5-16-17-6-7-19(25-13-12-23-24-25)21(17,2)10-8-18(16)20;1-20-10-12-22-11-8-15(20)3-4-16-17-5-6-19(25-14-13-23-24-25)21(17,2)9-7-18(16)20/h8,12,14,17-20H,4-7,9-11,13,15H2,1-3H3;5-6,11-12,14-16,18H,3-4,7-10,13H2,1-2H3,(H,24,26);6,11-13,15-17H,3-5,7-10H2,1-2H3,(H,23,26);7,12-13,15-18,22H,3-6,8-11,14H2,1-2H3;6,13-18,22H,3-5,7-12H2,1-2H3/t17-,18-,19-,20-,22-,23-;15-,16-,18-,21-,22-;15-,16-,17?,20-,21-;2*15-,16-,17-,18-,20-,21-/m00000/s1. The molecule has 130 heavy (non-hydrogen) atoms. The maximum Gasteiger partial charge on any atom is 0.223 e. The van der Waals surface area contributed by atoms with Gasteiger partial charge in [-0.1, -0.05) is 121 Å². The van der Waals surface area contributed by atoms with Crippen LogP contribution < -0.4 is 21.3 Å². The first-order valence-electron chi connectivity index (χ1n) is 52.3. The van der Waals surface area contributed by atoms with Gasteiger partial charge < -0.3 is 30.7 Å². The quantitative estimate of drug-likeness (QED) is 0.128. The lowest BCUT2D eigenvalue weighted by Gasteiger charge is -2.58. The van der Waals surface area contributed by atoms with Crippen molar-refractivity contribution in [1.29, 1.82) is 0 Å². The third kappa shape index (κ3) is 14.6. The number of nitrogens with one attached hydrogen (secondary N) is 4. The predicted molar refractivity (Wildman–Crippen MR) is 510 cm³/mol. The van der Waals surface area contributed by atoms with E-state index in [1.165, 1.54) is 240 Å². The molecule has 0 bridgehead atoms. The minimum absolute atomic E-state index is 0.143. The highest BCUT2D eigenvalue weighted by molar-refractivity contribution is 5.78. The van der Waals surface area contributed by atoms with Crippen LogP contribution in [0.25, 0.3) is 28.5 Å². The van der Waals surface area contributed by atoms with Crippen molar-refractivity contribution in [2.45, 2.75) is 294 Å². The van der Waals surface area contributed by atoms with Gasteiger partial charge in [-0.05, 0) is 377 Å². The van der Waals surface area contributed by atoms with Crippen LogP contribution in [0.4, 0.5) is 0 Å². The van der Waals surface area contributed by atoms with Gasteiger partial charge in [-0.2, -0.15) is 5.10 Å². The predicted octanol–water partition coefficient (Wildman–Crippen LogP) is 20.0. The van der Waals surface area contributed by atoms with Crippen molar-refractivity contribution >= 4 is 46.2 Å². The molecule has 0 aromatic carbocycles. The number of allylic oxidation sites excluding steroid dienone is 13. The van der Waals surface area contributed by atoms with Crippen molar-refractivity contribution in [3.63, 3.8) is 0 Å². The van der Waals surface area contributed by atoms with Gasteiger partial charge >= 0.3 is 0 Å². The average Bonchev–Trinajstić information content (AvgIpc) is 1.58. The zero-order valence-corrected chi connectivity index (χ0v) is 80.7. The Morgan fingerprint density at radius 2 is 0.931 bits per heavy atom. The highest BCUT2D eigenvalue weighted by atomic mass is 16.2. The minimum Gasteiger partial charge on any atom is -0.356 e. The summed E-state index contributed by atoms with van der Waals surface area (Å²) in [6.07, 6.45) is 79.9. The molecule has 5 aromatic heterocycles. The van der Waals surface area contributed by atoms with E-state index in [1.807, 2.05) is 74.8 Å². The Morgan fingerprint density at radius 3 is 1.50 bits per heavy atom. The number of nitrogens with zero attached hydrogens (tertiary/aromatic N) is 15. The Labute approximate surface area is 774 Å². The number of amides is 3. The molecule has 5 aromatic rings. The van der Waals surface area contributed by atoms with E-state index >= 15 is 0 Å². The van der Waals surface area contributed by atoms with Crippen LogP contribution in [0.15, 0.2) is 122 Å². The van der Waals surface area contributed by atoms with Crippen molar-refractivity contribution in [2.75, 3.05) is 45.8 Å². The second-order valence-corrected chi connectivity index (χ2v) is 48.0. The zero-order valence-electron chi connectivity index (χ0n) is 80.7. The molecule has 25 rings (SSSR count). The Morgan fingerprint density at radius 1 is 0.408 bits per heavy atom. The molecule has 28 atom stereocenters. The third-order valence-corrected chi connectivity index (χ3v) is 43.3. The van der Waals surface area contributed by atoms with Gasteiger partial charge in [0.25, 0.3) is 0 Å². The van der Waals surface area contributed by atoms with Crippen molar-refractivity contribution in [3.05, 3.63) is 122 Å². The fourth-order valence-electron chi connectivity index (χ4n) is 36.0. The summed E-state index contributed by atoms with van der Waals surface area (Å²) in [6.45, 7) is 34.7. The lowest BCUT2D eigenvalue weighted by Crippen LogP contribution is -2.52. The Kier molecular flexibility index (Phi) is 23.4. The number of hydrogen-bond donors (Lipinski definition) is 4. The summed E-state index contributed by atoms with van der Waals surface area (Å²) in [5.74, 6) is 14.9. The van der Waals surface area contributed by atoms with Crippen LogP contribution in [0.1, 0.15) is 294 Å². The molecule has 1 unspecified atom stereocenters. The van der Waals surface area contributed by atoms with Crippen LogP contribution in [-0.4, -0.2) is 138 Å². The van der Waals surface area contributed by atoms with E-state index in [0.717, 1.165) is 116 Å². The molecule has 5 aliphatic heterocycles. The summed E-state index contributed by atoms with van der Waals surface area (Å²) in [7, 11) is 0. The van der Waals surface area contributed by atoms with E-state index in [-0.39, 0.29) is 39.4 Å². The summed E-state index contributed by atoms with van der Waals surface area (Å²) in [6, 6.07) is 0. The maximum atomic E-state index is 12.1. The Balaban J connectivity index is 0.0000000984. The van der Waals surface area contributed by atoms with Crippen molar-refractivity contribution in [3.8, 4) is 0 Å². The van der Waals surface area contributed by atoms with E-state index in [0.29, 0.717) is 80.8 Å². The molecule has 10 saturated carbocycles. The van der Waals surface area contributed by atoms with E-state index in [4.69, 9.17) is 0 Å². The Hall–Kier alpha value is -7.72. The molecular formula is C108H155N19O3. The molecule has 0 radical (unpaired) electrons. The van der Waals surface area contributed by atoms with Gasteiger partial charge in [0, 0.05) is 114 Å². The van der Waals surface area contributed by atoms with Gasteiger partial charge in [-0.3, -0.25) is 14.4 Å². The number of likely N-dealkylation sites (tertiary alicyclic amines) is 1. The molecule has 10 heterocycles. The van der Waals surface area contributed by atoms with Crippen LogP contribution in [0.3, 0.4) is 0 Å². The van der Waals surface area contributed by atoms with E-state index < -0.39 is 0 Å². The van der Waals surface area contributed by atoms with E-state index in [2.05, 4.69) is 189 Å². The topological polar surface area (TPSA) is 243 Å². The second kappa shape index (κ2) is 34.3. The first-order valence-corrected chi connectivity index (χ1v) is 52.3. The highest BCUT2D eigenvalue weighted by Crippen LogP contribution is 2.72. The summed E-state index contributed by atoms with van der Waals surface area (Å²) in [5.41, 5.74) is 13.2. The normalized spacial score (nSPS) is 43.9. The molecular weight excluding hydrogens is 1610 g/mol. The number of imidazole rings is 1. The number of aromatic nitrogens is 14. The van der Waals surface area contributed by atoms with Crippen molar-refractivity contribution in [1.82, 2.24) is 95.5 Å². The Bertz CT molecular complexity index is 5060. The maximum absolute atomic E-state index is 12.1. The molecule has 4 N–H and O–H groups in total. The van der Waals surface area contributed by atoms with Crippen LogP contribution in [-0.2, 0) is 14.4 Å². The third-order valence-electron chi connectivity index (χ3n) is 43.3. The zero-order chi connectivity index (χ0) is 89.5. The molecule has 700 valence electrons. The van der Waals surface area contributed by atoms with E-state index in [9.17, 15) is 14.4 Å².